The molecule has 0 saturated heterocycles. The number of ether oxygens (including phenoxy) is 2. The van der Waals surface area contributed by atoms with E-state index >= 15 is 0 Å². The number of nitrogens with one attached hydrogen (secondary N) is 1. The van der Waals surface area contributed by atoms with Crippen LogP contribution in [-0.4, -0.2) is 38.1 Å². The molecule has 6 nitrogen and oxygen atoms in total. The van der Waals surface area contributed by atoms with Crippen molar-refractivity contribution in [1.29, 1.82) is 0 Å². The third-order valence-corrected chi connectivity index (χ3v) is 2.30. The minimum atomic E-state index is -0.853. The second-order valence-corrected chi connectivity index (χ2v) is 4.30. The van der Waals surface area contributed by atoms with Crippen LogP contribution in [0.4, 0.5) is 0 Å². The van der Waals surface area contributed by atoms with Crippen molar-refractivity contribution < 1.29 is 23.9 Å². The van der Waals surface area contributed by atoms with Crippen molar-refractivity contribution in [3.63, 3.8) is 0 Å². The van der Waals surface area contributed by atoms with Crippen molar-refractivity contribution in [2.24, 2.45) is 5.92 Å². The molecule has 0 fully saturated rings. The van der Waals surface area contributed by atoms with Crippen molar-refractivity contribution in [3.8, 4) is 0 Å². The average Bonchev–Trinajstić information content (AvgIpc) is 2.39. The van der Waals surface area contributed by atoms with Crippen LogP contribution in [0.5, 0.6) is 0 Å². The SMILES string of the molecule is COC(=O)CC[C@H](NC(=O)/C=C/C(C)C)C(=O)OC. The number of carbonyl (C=O) groups excluding carboxylic acids is 3. The summed E-state index contributed by atoms with van der Waals surface area (Å²) in [6, 6.07) is -0.853. The molecular formula is C13H21NO5. The van der Waals surface area contributed by atoms with Crippen LogP contribution in [0.2, 0.25) is 0 Å². The molecular weight excluding hydrogens is 250 g/mol. The first kappa shape index (κ1) is 17.2. The molecule has 19 heavy (non-hydrogen) atoms. The molecule has 1 amide bonds. The normalized spacial score (nSPS) is 12.3. The topological polar surface area (TPSA) is 81.7 Å². The lowest BCUT2D eigenvalue weighted by atomic mass is 10.1. The van der Waals surface area contributed by atoms with E-state index in [1.165, 1.54) is 20.3 Å². The molecule has 1 N–H and O–H groups in total. The van der Waals surface area contributed by atoms with Gasteiger partial charge in [-0.15, -0.1) is 0 Å². The van der Waals surface area contributed by atoms with Gasteiger partial charge in [-0.05, 0) is 18.4 Å². The first-order chi connectivity index (χ1) is 8.90. The Morgan fingerprint density at radius 1 is 1.16 bits per heavy atom. The Bertz CT molecular complexity index is 349. The molecule has 108 valence electrons. The second kappa shape index (κ2) is 9.13. The highest BCUT2D eigenvalue weighted by atomic mass is 16.5. The van der Waals surface area contributed by atoms with Gasteiger partial charge in [0.1, 0.15) is 6.04 Å². The minimum Gasteiger partial charge on any atom is -0.469 e. The van der Waals surface area contributed by atoms with Gasteiger partial charge in [0, 0.05) is 6.42 Å². The molecule has 0 bridgehead atoms. The van der Waals surface area contributed by atoms with Crippen LogP contribution < -0.4 is 5.32 Å². The summed E-state index contributed by atoms with van der Waals surface area (Å²) < 4.78 is 9.06. The van der Waals surface area contributed by atoms with Crippen molar-refractivity contribution in [3.05, 3.63) is 12.2 Å². The zero-order chi connectivity index (χ0) is 14.8. The molecule has 0 aliphatic carbocycles. The van der Waals surface area contributed by atoms with Gasteiger partial charge in [0.25, 0.3) is 0 Å². The maximum Gasteiger partial charge on any atom is 0.328 e. The van der Waals surface area contributed by atoms with Crippen LogP contribution in [0, 0.1) is 5.92 Å². The molecule has 0 aliphatic rings. The van der Waals surface area contributed by atoms with E-state index in [0.29, 0.717) is 0 Å². The Morgan fingerprint density at radius 2 is 1.79 bits per heavy atom. The van der Waals surface area contributed by atoms with Crippen molar-refractivity contribution in [2.75, 3.05) is 14.2 Å². The Balaban J connectivity index is 4.47. The fraction of sp³-hybridized carbons (Fsp3) is 0.615. The summed E-state index contributed by atoms with van der Waals surface area (Å²) in [7, 11) is 2.49. The standard InChI is InChI=1S/C13H21NO5/c1-9(2)5-7-11(15)14-10(13(17)19-4)6-8-12(16)18-3/h5,7,9-10H,6,8H2,1-4H3,(H,14,15)/b7-5+/t10-/m0/s1. The number of rotatable bonds is 7. The molecule has 0 rings (SSSR count). The highest BCUT2D eigenvalue weighted by Crippen LogP contribution is 2.02. The first-order valence-electron chi connectivity index (χ1n) is 6.04. The third kappa shape index (κ3) is 7.96. The Morgan fingerprint density at radius 3 is 2.26 bits per heavy atom. The zero-order valence-corrected chi connectivity index (χ0v) is 11.8. The maximum absolute atomic E-state index is 11.6. The highest BCUT2D eigenvalue weighted by molar-refractivity contribution is 5.91. The number of methoxy groups -OCH3 is 2. The summed E-state index contributed by atoms with van der Waals surface area (Å²) in [5, 5.41) is 2.49. The highest BCUT2D eigenvalue weighted by Gasteiger charge is 2.21. The Kier molecular flexibility index (Phi) is 8.24. The lowest BCUT2D eigenvalue weighted by molar-refractivity contribution is -0.146. The number of carbonyl (C=O) groups is 3. The summed E-state index contributed by atoms with van der Waals surface area (Å²) in [5.41, 5.74) is 0. The van der Waals surface area contributed by atoms with Gasteiger partial charge in [-0.2, -0.15) is 0 Å². The molecule has 1 atom stereocenters. The van der Waals surface area contributed by atoms with E-state index in [1.54, 1.807) is 6.08 Å². The molecule has 0 radical (unpaired) electrons. The molecule has 0 aromatic carbocycles. The van der Waals surface area contributed by atoms with Gasteiger partial charge in [0.2, 0.25) is 5.91 Å². The smallest absolute Gasteiger partial charge is 0.328 e. The summed E-state index contributed by atoms with van der Waals surface area (Å²) in [5.74, 6) is -1.19. The van der Waals surface area contributed by atoms with Gasteiger partial charge >= 0.3 is 11.9 Å². The first-order valence-corrected chi connectivity index (χ1v) is 6.04. The van der Waals surface area contributed by atoms with Gasteiger partial charge in [0.15, 0.2) is 0 Å². The molecule has 0 aromatic heterocycles. The van der Waals surface area contributed by atoms with Gasteiger partial charge in [-0.3, -0.25) is 9.59 Å². The monoisotopic (exact) mass is 271 g/mol. The summed E-state index contributed by atoms with van der Waals surface area (Å²) in [6.07, 6.45) is 3.24. The van der Waals surface area contributed by atoms with E-state index in [0.717, 1.165) is 0 Å². The lowest BCUT2D eigenvalue weighted by Crippen LogP contribution is -2.41. The van der Waals surface area contributed by atoms with Crippen molar-refractivity contribution in [1.82, 2.24) is 5.32 Å². The molecule has 0 aliphatic heterocycles. The van der Waals surface area contributed by atoms with E-state index in [9.17, 15) is 14.4 Å². The lowest BCUT2D eigenvalue weighted by Gasteiger charge is -2.14. The minimum absolute atomic E-state index is 0.0322. The van der Waals surface area contributed by atoms with Crippen LogP contribution in [0.15, 0.2) is 12.2 Å². The number of hydrogen-bond acceptors (Lipinski definition) is 5. The predicted octanol–water partition coefficient (Wildman–Crippen LogP) is 0.810. The number of esters is 2. The van der Waals surface area contributed by atoms with Crippen LogP contribution >= 0.6 is 0 Å². The second-order valence-electron chi connectivity index (χ2n) is 4.30. The quantitative estimate of drug-likeness (QED) is 0.547. The van der Waals surface area contributed by atoms with E-state index in [-0.39, 0.29) is 18.8 Å². The van der Waals surface area contributed by atoms with E-state index in [1.807, 2.05) is 13.8 Å². The van der Waals surface area contributed by atoms with Gasteiger partial charge in [0.05, 0.1) is 14.2 Å². The number of allylic oxidation sites excluding steroid dienone is 1. The molecule has 6 heteroatoms. The van der Waals surface area contributed by atoms with Crippen molar-refractivity contribution in [2.45, 2.75) is 32.7 Å². The maximum atomic E-state index is 11.6. The number of hydrogen-bond donors (Lipinski definition) is 1. The summed E-state index contributed by atoms with van der Waals surface area (Å²) >= 11 is 0. The van der Waals surface area contributed by atoms with E-state index in [2.05, 4.69) is 14.8 Å². The van der Waals surface area contributed by atoms with Crippen LogP contribution in [0.1, 0.15) is 26.7 Å². The van der Waals surface area contributed by atoms with Gasteiger partial charge in [-0.1, -0.05) is 19.9 Å². The van der Waals surface area contributed by atoms with E-state index < -0.39 is 23.9 Å². The van der Waals surface area contributed by atoms with Crippen molar-refractivity contribution >= 4 is 17.8 Å². The van der Waals surface area contributed by atoms with E-state index in [4.69, 9.17) is 0 Å². The van der Waals surface area contributed by atoms with Gasteiger partial charge in [-0.25, -0.2) is 4.79 Å². The summed E-state index contributed by atoms with van der Waals surface area (Å²) in [4.78, 5) is 34.1. The molecule has 0 heterocycles. The van der Waals surface area contributed by atoms with Crippen LogP contribution in [-0.2, 0) is 23.9 Å². The number of amides is 1. The predicted molar refractivity (Wildman–Crippen MR) is 69.2 cm³/mol. The Hall–Kier alpha value is -1.85. The third-order valence-electron chi connectivity index (χ3n) is 2.30. The van der Waals surface area contributed by atoms with Crippen LogP contribution in [0.25, 0.3) is 0 Å². The fourth-order valence-electron chi connectivity index (χ4n) is 1.26. The average molecular weight is 271 g/mol. The summed E-state index contributed by atoms with van der Waals surface area (Å²) in [6.45, 7) is 3.86. The molecule has 0 saturated carbocycles. The molecule has 0 aromatic rings. The largest absolute Gasteiger partial charge is 0.469 e. The molecule has 0 unspecified atom stereocenters. The Labute approximate surface area is 113 Å². The van der Waals surface area contributed by atoms with Crippen LogP contribution in [0.3, 0.4) is 0 Å². The van der Waals surface area contributed by atoms with Gasteiger partial charge < -0.3 is 14.8 Å². The molecule has 0 spiro atoms. The zero-order valence-electron chi connectivity index (χ0n) is 11.8. The fourth-order valence-corrected chi connectivity index (χ4v) is 1.26.